The normalized spacial score (nSPS) is 11.3. The number of amides is 1. The van der Waals surface area contributed by atoms with Gasteiger partial charge < -0.3 is 19.5 Å². The molecule has 0 atom stereocenters. The Labute approximate surface area is 136 Å². The van der Waals surface area contributed by atoms with E-state index >= 15 is 0 Å². The topological polar surface area (TPSA) is 90.9 Å². The molecule has 1 aromatic rings. The highest BCUT2D eigenvalue weighted by Crippen LogP contribution is 2.42. The van der Waals surface area contributed by atoms with Crippen molar-refractivity contribution in [3.05, 3.63) is 29.3 Å². The van der Waals surface area contributed by atoms with E-state index in [9.17, 15) is 14.2 Å². The monoisotopic (exact) mass is 341 g/mol. The van der Waals surface area contributed by atoms with Gasteiger partial charge in [0, 0.05) is 25.7 Å². The van der Waals surface area contributed by atoms with Gasteiger partial charge in [0.1, 0.15) is 0 Å². The number of anilines is 1. The summed E-state index contributed by atoms with van der Waals surface area (Å²) in [5.41, 5.74) is -0.777. The van der Waals surface area contributed by atoms with Crippen LogP contribution in [0.5, 0.6) is 0 Å². The number of methoxy groups -OCH3 is 1. The molecule has 0 aliphatic heterocycles. The first-order valence-corrected chi connectivity index (χ1v) is 7.88. The molecule has 0 aromatic heterocycles. The molecule has 1 amide bonds. The van der Waals surface area contributed by atoms with Crippen LogP contribution in [0.2, 0.25) is 0 Å². The molecule has 0 unspecified atom stereocenters. The predicted octanol–water partition coefficient (Wildman–Crippen LogP) is 2.91. The Kier molecular flexibility index (Phi) is 7.29. The fourth-order valence-corrected chi connectivity index (χ4v) is 2.69. The van der Waals surface area contributed by atoms with Gasteiger partial charge in [-0.3, -0.25) is 9.36 Å². The number of nitrogens with one attached hydrogen (secondary N) is 1. The van der Waals surface area contributed by atoms with Crippen molar-refractivity contribution in [2.75, 3.05) is 25.6 Å². The third kappa shape index (κ3) is 4.58. The molecular formula is C15H20NO6P. The summed E-state index contributed by atoms with van der Waals surface area (Å²) >= 11 is 0. The van der Waals surface area contributed by atoms with Crippen molar-refractivity contribution in [2.24, 2.45) is 0 Å². The molecule has 0 radical (unpaired) electrons. The summed E-state index contributed by atoms with van der Waals surface area (Å²) in [6, 6.07) is 4.44. The van der Waals surface area contributed by atoms with E-state index in [-0.39, 0.29) is 30.2 Å². The van der Waals surface area contributed by atoms with Crippen molar-refractivity contribution in [3.8, 4) is 0 Å². The molecule has 1 N–H and O–H groups in total. The fourth-order valence-electron chi connectivity index (χ4n) is 2.04. The van der Waals surface area contributed by atoms with Gasteiger partial charge in [0.15, 0.2) is 0 Å². The quantitative estimate of drug-likeness (QED) is 0.444. The van der Waals surface area contributed by atoms with Gasteiger partial charge in [-0.1, -0.05) is 0 Å². The molecule has 0 aliphatic rings. The van der Waals surface area contributed by atoms with Gasteiger partial charge in [-0.05, 0) is 32.0 Å². The van der Waals surface area contributed by atoms with Gasteiger partial charge >= 0.3 is 5.97 Å². The number of hydrogen-bond acceptors (Lipinski definition) is 6. The summed E-state index contributed by atoms with van der Waals surface area (Å²) in [4.78, 5) is 23.2. The molecule has 126 valence electrons. The van der Waals surface area contributed by atoms with Crippen LogP contribution in [0.4, 0.5) is 5.69 Å². The Bertz CT molecular complexity index is 583. The second kappa shape index (κ2) is 8.72. The molecular weight excluding hydrogens is 321 g/mol. The van der Waals surface area contributed by atoms with Crippen molar-refractivity contribution < 1.29 is 28.4 Å². The fraction of sp³-hybridized carbons (Fsp3) is 0.467. The maximum atomic E-state index is 11.8. The molecule has 1 rings (SSSR count). The molecule has 0 fully saturated rings. The number of benzene rings is 1. The third-order valence-corrected chi connectivity index (χ3v) is 3.63. The van der Waals surface area contributed by atoms with Gasteiger partial charge in [0.2, 0.25) is 14.4 Å². The van der Waals surface area contributed by atoms with Crippen LogP contribution >= 0.6 is 8.46 Å². The van der Waals surface area contributed by atoms with Gasteiger partial charge in [-0.2, -0.15) is 0 Å². The lowest BCUT2D eigenvalue weighted by atomic mass is 10.1. The summed E-state index contributed by atoms with van der Waals surface area (Å²) in [5, 5.41) is 2.62. The van der Waals surface area contributed by atoms with Crippen LogP contribution in [-0.2, 0) is 29.1 Å². The minimum atomic E-state index is -1.62. The zero-order chi connectivity index (χ0) is 17.5. The number of carbonyl (C=O) groups excluding carboxylic acids is 2. The van der Waals surface area contributed by atoms with Gasteiger partial charge in [0.05, 0.1) is 18.4 Å². The van der Waals surface area contributed by atoms with Crippen LogP contribution in [-0.4, -0.2) is 32.2 Å². The lowest BCUT2D eigenvalue weighted by Gasteiger charge is -2.29. The third-order valence-electron chi connectivity index (χ3n) is 2.89. The smallest absolute Gasteiger partial charge is 0.337 e. The van der Waals surface area contributed by atoms with Crippen molar-refractivity contribution >= 4 is 26.0 Å². The molecule has 8 heteroatoms. The molecule has 0 saturated heterocycles. The second-order valence-electron chi connectivity index (χ2n) is 4.47. The molecule has 0 heterocycles. The van der Waals surface area contributed by atoms with Crippen molar-refractivity contribution in [2.45, 2.75) is 26.3 Å². The Morgan fingerprint density at radius 2 is 1.83 bits per heavy atom. The van der Waals surface area contributed by atoms with Crippen LogP contribution in [0.1, 0.15) is 36.7 Å². The highest BCUT2D eigenvalue weighted by molar-refractivity contribution is 7.25. The summed E-state index contributed by atoms with van der Waals surface area (Å²) in [5.74, 6) is -0.883. The molecule has 1 aromatic carbocycles. The summed E-state index contributed by atoms with van der Waals surface area (Å²) in [6.45, 7) is 5.23. The number of ether oxygens (including phenoxy) is 3. The molecule has 7 nitrogen and oxygen atoms in total. The first kappa shape index (κ1) is 19.2. The SMILES string of the molecule is CCOC(OCC)(P=O)c1cc(C(=O)OC)ccc1NC(C)=O. The van der Waals surface area contributed by atoms with Crippen molar-refractivity contribution in [1.29, 1.82) is 0 Å². The maximum absolute atomic E-state index is 11.8. The van der Waals surface area contributed by atoms with E-state index in [4.69, 9.17) is 14.2 Å². The van der Waals surface area contributed by atoms with Gasteiger partial charge in [0.25, 0.3) is 5.53 Å². The lowest BCUT2D eigenvalue weighted by molar-refractivity contribution is -0.176. The number of carbonyl (C=O) groups is 2. The molecule has 0 aliphatic carbocycles. The minimum absolute atomic E-state index is 0.219. The Morgan fingerprint density at radius 3 is 2.26 bits per heavy atom. The highest BCUT2D eigenvalue weighted by atomic mass is 31.1. The number of hydrogen-bond donors (Lipinski definition) is 1. The number of rotatable bonds is 8. The first-order chi connectivity index (χ1) is 10.9. The maximum Gasteiger partial charge on any atom is 0.337 e. The highest BCUT2D eigenvalue weighted by Gasteiger charge is 2.38. The molecule has 23 heavy (non-hydrogen) atoms. The first-order valence-electron chi connectivity index (χ1n) is 7.06. The Morgan fingerprint density at radius 1 is 1.22 bits per heavy atom. The van der Waals surface area contributed by atoms with Crippen LogP contribution in [0.15, 0.2) is 18.2 Å². The van der Waals surface area contributed by atoms with E-state index in [1.54, 1.807) is 13.8 Å². The Hall–Kier alpha value is -1.82. The van der Waals surface area contributed by atoms with E-state index in [2.05, 4.69) is 5.32 Å². The second-order valence-corrected chi connectivity index (χ2v) is 5.24. The lowest BCUT2D eigenvalue weighted by Crippen LogP contribution is -2.29. The summed E-state index contributed by atoms with van der Waals surface area (Å²) < 4.78 is 27.6. The van der Waals surface area contributed by atoms with Crippen molar-refractivity contribution in [3.63, 3.8) is 0 Å². The van der Waals surface area contributed by atoms with Gasteiger partial charge in [-0.25, -0.2) is 4.79 Å². The van der Waals surface area contributed by atoms with Crippen LogP contribution in [0.25, 0.3) is 0 Å². The average molecular weight is 341 g/mol. The Balaban J connectivity index is 3.54. The standard InChI is InChI=1S/C15H20NO6P/c1-5-21-15(23-19,22-6-2)12-9-11(14(18)20-4)7-8-13(12)16-10(3)17/h7-9H,5-6H2,1-4H3,(H,16,17). The van der Waals surface area contributed by atoms with Crippen LogP contribution in [0, 0.1) is 0 Å². The van der Waals surface area contributed by atoms with Crippen LogP contribution < -0.4 is 5.32 Å². The van der Waals surface area contributed by atoms with Gasteiger partial charge in [-0.15, -0.1) is 0 Å². The molecule has 0 bridgehead atoms. The van der Waals surface area contributed by atoms with E-state index in [0.29, 0.717) is 5.69 Å². The summed E-state index contributed by atoms with van der Waals surface area (Å²) in [6.07, 6.45) is 0. The zero-order valence-electron chi connectivity index (χ0n) is 13.5. The molecule has 0 spiro atoms. The van der Waals surface area contributed by atoms with Crippen LogP contribution in [0.3, 0.4) is 0 Å². The van der Waals surface area contributed by atoms with E-state index in [1.165, 1.54) is 32.2 Å². The minimum Gasteiger partial charge on any atom is -0.465 e. The average Bonchev–Trinajstić information content (AvgIpc) is 2.53. The van der Waals surface area contributed by atoms with Crippen molar-refractivity contribution in [1.82, 2.24) is 0 Å². The van der Waals surface area contributed by atoms with E-state index < -0.39 is 20.0 Å². The number of esters is 1. The largest absolute Gasteiger partial charge is 0.465 e. The summed E-state index contributed by atoms with van der Waals surface area (Å²) in [7, 11) is 0.801. The van der Waals surface area contributed by atoms with E-state index in [1.807, 2.05) is 0 Å². The molecule has 0 saturated carbocycles. The van der Waals surface area contributed by atoms with E-state index in [0.717, 1.165) is 0 Å². The zero-order valence-corrected chi connectivity index (χ0v) is 14.4. The predicted molar refractivity (Wildman–Crippen MR) is 84.6 cm³/mol.